The van der Waals surface area contributed by atoms with Gasteiger partial charge in [-0.2, -0.15) is 0 Å². The highest BCUT2D eigenvalue weighted by molar-refractivity contribution is 5.97. The number of carbonyl (C=O) groups is 2. The molecule has 1 saturated heterocycles. The van der Waals surface area contributed by atoms with Crippen molar-refractivity contribution in [2.24, 2.45) is 0 Å². The summed E-state index contributed by atoms with van der Waals surface area (Å²) in [5.74, 6) is -0.295. The quantitative estimate of drug-likeness (QED) is 0.811. The van der Waals surface area contributed by atoms with Gasteiger partial charge < -0.3 is 10.6 Å². The number of nitrogens with one attached hydrogen (secondary N) is 2. The third kappa shape index (κ3) is 3.59. The molecular formula is C13H18N2O2. The van der Waals surface area contributed by atoms with E-state index in [1.807, 2.05) is 19.9 Å². The second kappa shape index (κ2) is 6.68. The summed E-state index contributed by atoms with van der Waals surface area (Å²) in [6.07, 6.45) is 0.664. The summed E-state index contributed by atoms with van der Waals surface area (Å²) in [5, 5.41) is 5.37. The highest BCUT2D eigenvalue weighted by Crippen LogP contribution is 2.03. The lowest BCUT2D eigenvalue weighted by Crippen LogP contribution is -2.40. The predicted molar refractivity (Wildman–Crippen MR) is 66.7 cm³/mol. The average Bonchev–Trinajstić information content (AvgIpc) is 2.79. The summed E-state index contributed by atoms with van der Waals surface area (Å²) in [4.78, 5) is 22.9. The SMILES string of the molecule is CC.O=C(NC1CCNC1=O)c1ccccc1. The number of hydrogen-bond donors (Lipinski definition) is 2. The molecule has 1 heterocycles. The molecule has 2 amide bonds. The maximum Gasteiger partial charge on any atom is 0.251 e. The lowest BCUT2D eigenvalue weighted by atomic mass is 10.2. The van der Waals surface area contributed by atoms with Crippen LogP contribution in [0.15, 0.2) is 30.3 Å². The Morgan fingerprint density at radius 1 is 1.29 bits per heavy atom. The van der Waals surface area contributed by atoms with Gasteiger partial charge in [0.05, 0.1) is 0 Å². The molecule has 4 nitrogen and oxygen atoms in total. The molecule has 0 saturated carbocycles. The van der Waals surface area contributed by atoms with Gasteiger partial charge >= 0.3 is 0 Å². The molecule has 1 aliphatic heterocycles. The van der Waals surface area contributed by atoms with Crippen LogP contribution in [0.5, 0.6) is 0 Å². The molecule has 0 aliphatic carbocycles. The maximum atomic E-state index is 11.7. The third-order valence-electron chi connectivity index (χ3n) is 2.39. The summed E-state index contributed by atoms with van der Waals surface area (Å²) in [6, 6.07) is 8.51. The zero-order chi connectivity index (χ0) is 12.7. The maximum absolute atomic E-state index is 11.7. The highest BCUT2D eigenvalue weighted by Gasteiger charge is 2.25. The number of hydrogen-bond acceptors (Lipinski definition) is 2. The Balaban J connectivity index is 0.000000686. The summed E-state index contributed by atoms with van der Waals surface area (Å²) >= 11 is 0. The van der Waals surface area contributed by atoms with Crippen LogP contribution in [-0.4, -0.2) is 24.4 Å². The Bertz CT molecular complexity index is 376. The van der Waals surface area contributed by atoms with Crippen molar-refractivity contribution >= 4 is 11.8 Å². The lowest BCUT2D eigenvalue weighted by molar-refractivity contribution is -0.120. The molecule has 4 heteroatoms. The van der Waals surface area contributed by atoms with Crippen molar-refractivity contribution in [3.05, 3.63) is 35.9 Å². The van der Waals surface area contributed by atoms with E-state index >= 15 is 0 Å². The number of benzene rings is 1. The summed E-state index contributed by atoms with van der Waals surface area (Å²) in [5.41, 5.74) is 0.581. The minimum atomic E-state index is -0.377. The van der Waals surface area contributed by atoms with Crippen molar-refractivity contribution < 1.29 is 9.59 Å². The van der Waals surface area contributed by atoms with Gasteiger partial charge in [-0.25, -0.2) is 0 Å². The van der Waals surface area contributed by atoms with Gasteiger partial charge in [0.15, 0.2) is 0 Å². The first kappa shape index (κ1) is 13.2. The molecule has 0 radical (unpaired) electrons. The monoisotopic (exact) mass is 234 g/mol. The molecular weight excluding hydrogens is 216 g/mol. The molecule has 92 valence electrons. The Hall–Kier alpha value is -1.84. The molecule has 2 rings (SSSR count). The normalized spacial score (nSPS) is 17.8. The van der Waals surface area contributed by atoms with Gasteiger partial charge in [-0.3, -0.25) is 9.59 Å². The van der Waals surface area contributed by atoms with Crippen LogP contribution < -0.4 is 10.6 Å². The van der Waals surface area contributed by atoms with Crippen LogP contribution in [-0.2, 0) is 4.79 Å². The van der Waals surface area contributed by atoms with Gasteiger partial charge in [-0.15, -0.1) is 0 Å². The van der Waals surface area contributed by atoms with Crippen molar-refractivity contribution in [3.8, 4) is 0 Å². The summed E-state index contributed by atoms with van der Waals surface area (Å²) in [7, 11) is 0. The lowest BCUT2D eigenvalue weighted by Gasteiger charge is -2.09. The molecule has 1 unspecified atom stereocenters. The molecule has 0 aromatic heterocycles. The predicted octanol–water partition coefficient (Wildman–Crippen LogP) is 1.33. The van der Waals surface area contributed by atoms with Gasteiger partial charge in [0, 0.05) is 12.1 Å². The van der Waals surface area contributed by atoms with Gasteiger partial charge in [-0.05, 0) is 18.6 Å². The van der Waals surface area contributed by atoms with Crippen LogP contribution >= 0.6 is 0 Å². The Kier molecular flexibility index (Phi) is 5.20. The standard InChI is InChI=1S/C11H12N2O2.C2H6/c14-10(8-4-2-1-3-5-8)13-9-6-7-12-11(9)15;1-2/h1-5,9H,6-7H2,(H,12,15)(H,13,14);1-2H3. The van der Waals surface area contributed by atoms with Crippen LogP contribution in [0.25, 0.3) is 0 Å². The van der Waals surface area contributed by atoms with E-state index in [1.165, 1.54) is 0 Å². The number of carbonyl (C=O) groups excluding carboxylic acids is 2. The van der Waals surface area contributed by atoms with E-state index in [1.54, 1.807) is 24.3 Å². The van der Waals surface area contributed by atoms with Crippen LogP contribution in [0.1, 0.15) is 30.6 Å². The van der Waals surface area contributed by atoms with Crippen molar-refractivity contribution in [1.82, 2.24) is 10.6 Å². The van der Waals surface area contributed by atoms with E-state index in [0.29, 0.717) is 18.5 Å². The molecule has 1 aromatic carbocycles. The molecule has 1 aliphatic rings. The summed E-state index contributed by atoms with van der Waals surface area (Å²) in [6.45, 7) is 4.64. The smallest absolute Gasteiger partial charge is 0.251 e. The van der Waals surface area contributed by atoms with Crippen molar-refractivity contribution in [2.75, 3.05) is 6.54 Å². The molecule has 1 fully saturated rings. The van der Waals surface area contributed by atoms with E-state index in [2.05, 4.69) is 10.6 Å². The second-order valence-electron chi connectivity index (χ2n) is 3.47. The minimum absolute atomic E-state index is 0.0979. The average molecular weight is 234 g/mol. The van der Waals surface area contributed by atoms with Crippen molar-refractivity contribution in [2.45, 2.75) is 26.3 Å². The molecule has 1 aromatic rings. The minimum Gasteiger partial charge on any atom is -0.354 e. The first-order valence-corrected chi connectivity index (χ1v) is 5.91. The number of rotatable bonds is 2. The molecule has 17 heavy (non-hydrogen) atoms. The fraction of sp³-hybridized carbons (Fsp3) is 0.385. The zero-order valence-corrected chi connectivity index (χ0v) is 10.2. The molecule has 2 N–H and O–H groups in total. The fourth-order valence-electron chi connectivity index (χ4n) is 1.56. The van der Waals surface area contributed by atoms with Gasteiger partial charge in [0.25, 0.3) is 5.91 Å². The van der Waals surface area contributed by atoms with E-state index in [9.17, 15) is 9.59 Å². The van der Waals surface area contributed by atoms with Gasteiger partial charge in [0.1, 0.15) is 6.04 Å². The van der Waals surface area contributed by atoms with Crippen LogP contribution in [0, 0.1) is 0 Å². The largest absolute Gasteiger partial charge is 0.354 e. The highest BCUT2D eigenvalue weighted by atomic mass is 16.2. The topological polar surface area (TPSA) is 58.2 Å². The third-order valence-corrected chi connectivity index (χ3v) is 2.39. The van der Waals surface area contributed by atoms with E-state index in [4.69, 9.17) is 0 Å². The Morgan fingerprint density at radius 2 is 1.94 bits per heavy atom. The fourth-order valence-corrected chi connectivity index (χ4v) is 1.56. The van der Waals surface area contributed by atoms with Crippen LogP contribution in [0.3, 0.4) is 0 Å². The Labute approximate surface area is 101 Å². The first-order chi connectivity index (χ1) is 8.27. The van der Waals surface area contributed by atoms with Crippen LogP contribution in [0.4, 0.5) is 0 Å². The molecule has 0 bridgehead atoms. The molecule has 1 atom stereocenters. The Morgan fingerprint density at radius 3 is 2.47 bits per heavy atom. The van der Waals surface area contributed by atoms with Gasteiger partial charge in [-0.1, -0.05) is 32.0 Å². The van der Waals surface area contributed by atoms with E-state index in [-0.39, 0.29) is 17.9 Å². The number of amides is 2. The second-order valence-corrected chi connectivity index (χ2v) is 3.47. The summed E-state index contributed by atoms with van der Waals surface area (Å²) < 4.78 is 0. The van der Waals surface area contributed by atoms with E-state index in [0.717, 1.165) is 0 Å². The van der Waals surface area contributed by atoms with Crippen molar-refractivity contribution in [3.63, 3.8) is 0 Å². The van der Waals surface area contributed by atoms with E-state index < -0.39 is 0 Å². The van der Waals surface area contributed by atoms with Crippen LogP contribution in [0.2, 0.25) is 0 Å². The van der Waals surface area contributed by atoms with Gasteiger partial charge in [0.2, 0.25) is 5.91 Å². The first-order valence-electron chi connectivity index (χ1n) is 5.91. The van der Waals surface area contributed by atoms with Crippen molar-refractivity contribution in [1.29, 1.82) is 0 Å². The zero-order valence-electron chi connectivity index (χ0n) is 10.2. The molecule has 0 spiro atoms.